The van der Waals surface area contributed by atoms with E-state index >= 15 is 0 Å². The van der Waals surface area contributed by atoms with E-state index in [1.54, 1.807) is 10.8 Å². The van der Waals surface area contributed by atoms with Crippen LogP contribution in [0.15, 0.2) is 42.1 Å². The van der Waals surface area contributed by atoms with Crippen molar-refractivity contribution in [2.45, 2.75) is 35.3 Å². The SMILES string of the molecule is OC[C@@H]1O[C@@H](n2cnc3c(SCc4ccccn4)ncnc32)[C@H](O)[C@@H]1O. The molecule has 4 atom stereocenters. The lowest BCUT2D eigenvalue weighted by atomic mass is 10.1. The monoisotopic (exact) mass is 375 g/mol. The van der Waals surface area contributed by atoms with Crippen LogP contribution in [0.5, 0.6) is 0 Å². The molecule has 1 aliphatic heterocycles. The number of hydrogen-bond acceptors (Lipinski definition) is 9. The van der Waals surface area contributed by atoms with E-state index in [0.29, 0.717) is 21.9 Å². The third kappa shape index (κ3) is 3.06. The fourth-order valence-electron chi connectivity index (χ4n) is 2.86. The van der Waals surface area contributed by atoms with Gasteiger partial charge in [0.15, 0.2) is 11.9 Å². The van der Waals surface area contributed by atoms with E-state index in [0.717, 1.165) is 5.69 Å². The Morgan fingerprint density at radius 3 is 2.73 bits per heavy atom. The van der Waals surface area contributed by atoms with Gasteiger partial charge >= 0.3 is 0 Å². The van der Waals surface area contributed by atoms with E-state index in [9.17, 15) is 15.3 Å². The average Bonchev–Trinajstić information content (AvgIpc) is 3.23. The summed E-state index contributed by atoms with van der Waals surface area (Å²) in [6.07, 6.45) is 0.545. The number of hydrogen-bond donors (Lipinski definition) is 3. The molecule has 0 unspecified atom stereocenters. The second-order valence-electron chi connectivity index (χ2n) is 5.84. The van der Waals surface area contributed by atoms with Crippen molar-refractivity contribution in [2.75, 3.05) is 6.61 Å². The van der Waals surface area contributed by atoms with Gasteiger partial charge in [-0.05, 0) is 12.1 Å². The minimum atomic E-state index is -1.19. The van der Waals surface area contributed by atoms with Gasteiger partial charge in [0.25, 0.3) is 0 Å². The highest BCUT2D eigenvalue weighted by Gasteiger charge is 2.44. The summed E-state index contributed by atoms with van der Waals surface area (Å²) >= 11 is 1.48. The molecule has 1 fully saturated rings. The van der Waals surface area contributed by atoms with E-state index in [4.69, 9.17) is 4.74 Å². The second-order valence-corrected chi connectivity index (χ2v) is 6.81. The van der Waals surface area contributed by atoms with Crippen molar-refractivity contribution in [3.05, 3.63) is 42.7 Å². The summed E-state index contributed by atoms with van der Waals surface area (Å²) in [7, 11) is 0. The van der Waals surface area contributed by atoms with Crippen LogP contribution >= 0.6 is 11.8 Å². The van der Waals surface area contributed by atoms with Crippen LogP contribution < -0.4 is 0 Å². The Kier molecular flexibility index (Phi) is 4.83. The number of rotatable bonds is 5. The molecule has 3 aromatic rings. The molecule has 0 aromatic carbocycles. The third-order valence-corrected chi connectivity index (χ3v) is 5.21. The number of ether oxygens (including phenoxy) is 1. The normalized spacial score (nSPS) is 25.8. The van der Waals surface area contributed by atoms with Crippen molar-refractivity contribution < 1.29 is 20.1 Å². The Labute approximate surface area is 152 Å². The van der Waals surface area contributed by atoms with E-state index in [-0.39, 0.29) is 6.61 Å². The Morgan fingerprint density at radius 2 is 2.00 bits per heavy atom. The third-order valence-electron chi connectivity index (χ3n) is 4.20. The van der Waals surface area contributed by atoms with E-state index in [1.165, 1.54) is 24.4 Å². The minimum absolute atomic E-state index is 0.387. The molecule has 3 aromatic heterocycles. The van der Waals surface area contributed by atoms with Crippen molar-refractivity contribution in [3.8, 4) is 0 Å². The van der Waals surface area contributed by atoms with Gasteiger partial charge in [0.05, 0.1) is 18.6 Å². The first-order chi connectivity index (χ1) is 12.7. The van der Waals surface area contributed by atoms with Gasteiger partial charge in [-0.2, -0.15) is 0 Å². The Morgan fingerprint density at radius 1 is 1.12 bits per heavy atom. The quantitative estimate of drug-likeness (QED) is 0.421. The summed E-state index contributed by atoms with van der Waals surface area (Å²) in [6, 6.07) is 5.72. The first-order valence-corrected chi connectivity index (χ1v) is 9.00. The maximum absolute atomic E-state index is 10.2. The molecule has 0 aliphatic carbocycles. The van der Waals surface area contributed by atoms with Gasteiger partial charge in [-0.15, -0.1) is 0 Å². The number of pyridine rings is 1. The maximum atomic E-state index is 10.2. The summed E-state index contributed by atoms with van der Waals surface area (Å²) in [4.78, 5) is 17.2. The molecule has 26 heavy (non-hydrogen) atoms. The highest BCUT2D eigenvalue weighted by Crippen LogP contribution is 2.33. The molecule has 0 spiro atoms. The highest BCUT2D eigenvalue weighted by atomic mass is 32.2. The van der Waals surface area contributed by atoms with Crippen molar-refractivity contribution in [1.29, 1.82) is 0 Å². The van der Waals surface area contributed by atoms with E-state index in [1.807, 2.05) is 18.2 Å². The van der Waals surface area contributed by atoms with Crippen molar-refractivity contribution >= 4 is 22.9 Å². The first kappa shape index (κ1) is 17.3. The summed E-state index contributed by atoms with van der Waals surface area (Å²) in [5.41, 5.74) is 1.98. The Bertz CT molecular complexity index is 893. The summed E-state index contributed by atoms with van der Waals surface area (Å²) < 4.78 is 7.10. The molecular formula is C16H17N5O4S. The largest absolute Gasteiger partial charge is 0.394 e. The van der Waals surface area contributed by atoms with Gasteiger partial charge in [0.2, 0.25) is 0 Å². The minimum Gasteiger partial charge on any atom is -0.394 e. The number of fused-ring (bicyclic) bond motifs is 1. The summed E-state index contributed by atoms with van der Waals surface area (Å²) in [5.74, 6) is 0.633. The van der Waals surface area contributed by atoms with Crippen LogP contribution in [0.25, 0.3) is 11.2 Å². The molecule has 9 nitrogen and oxygen atoms in total. The number of aliphatic hydroxyl groups is 3. The lowest BCUT2D eigenvalue weighted by molar-refractivity contribution is -0.0511. The predicted molar refractivity (Wildman–Crippen MR) is 92.1 cm³/mol. The molecule has 0 radical (unpaired) electrons. The lowest BCUT2D eigenvalue weighted by Crippen LogP contribution is -2.33. The maximum Gasteiger partial charge on any atom is 0.166 e. The number of aromatic nitrogens is 5. The van der Waals surface area contributed by atoms with Crippen molar-refractivity contribution in [3.63, 3.8) is 0 Å². The predicted octanol–water partition coefficient (Wildman–Crippen LogP) is 0.125. The van der Waals surface area contributed by atoms with Gasteiger partial charge < -0.3 is 20.1 Å². The number of aliphatic hydroxyl groups excluding tert-OH is 3. The van der Waals surface area contributed by atoms with Crippen LogP contribution in [-0.4, -0.2) is 64.7 Å². The zero-order valence-corrected chi connectivity index (χ0v) is 14.4. The summed E-state index contributed by atoms with van der Waals surface area (Å²) in [6.45, 7) is -0.387. The van der Waals surface area contributed by atoms with Crippen LogP contribution in [-0.2, 0) is 10.5 Å². The standard InChI is InChI=1S/C16H17N5O4S/c22-5-10-12(23)13(24)16(25-10)21-8-20-11-14(21)18-7-19-15(11)26-6-9-3-1-2-4-17-9/h1-4,7-8,10,12-13,16,22-24H,5-6H2/t10-,12+,13+,16+/m0/s1. The molecule has 3 N–H and O–H groups in total. The van der Waals surface area contributed by atoms with Crippen molar-refractivity contribution in [2.24, 2.45) is 0 Å². The zero-order valence-electron chi connectivity index (χ0n) is 13.6. The number of imidazole rings is 1. The number of nitrogens with zero attached hydrogens (tertiary/aromatic N) is 5. The molecule has 1 aliphatic rings. The van der Waals surface area contributed by atoms with E-state index in [2.05, 4.69) is 19.9 Å². The molecule has 0 saturated carbocycles. The van der Waals surface area contributed by atoms with Crippen LogP contribution in [0.1, 0.15) is 11.9 Å². The zero-order chi connectivity index (χ0) is 18.1. The Balaban J connectivity index is 1.61. The number of thioether (sulfide) groups is 1. The second kappa shape index (κ2) is 7.25. The van der Waals surface area contributed by atoms with Gasteiger partial charge in [0.1, 0.15) is 35.2 Å². The Hall–Kier alpha value is -2.11. The lowest BCUT2D eigenvalue weighted by Gasteiger charge is -2.16. The van der Waals surface area contributed by atoms with Gasteiger partial charge in [0, 0.05) is 11.9 Å². The topological polar surface area (TPSA) is 126 Å². The smallest absolute Gasteiger partial charge is 0.166 e. The fraction of sp³-hybridized carbons (Fsp3) is 0.375. The van der Waals surface area contributed by atoms with Gasteiger partial charge in [-0.25, -0.2) is 15.0 Å². The van der Waals surface area contributed by atoms with Crippen LogP contribution in [0.4, 0.5) is 0 Å². The molecular weight excluding hydrogens is 358 g/mol. The molecule has 0 amide bonds. The van der Waals surface area contributed by atoms with E-state index < -0.39 is 24.5 Å². The van der Waals surface area contributed by atoms with Crippen molar-refractivity contribution in [1.82, 2.24) is 24.5 Å². The van der Waals surface area contributed by atoms with Gasteiger partial charge in [-0.1, -0.05) is 17.8 Å². The average molecular weight is 375 g/mol. The van der Waals surface area contributed by atoms with Gasteiger partial charge in [-0.3, -0.25) is 9.55 Å². The van der Waals surface area contributed by atoms with Crippen LogP contribution in [0.3, 0.4) is 0 Å². The first-order valence-electron chi connectivity index (χ1n) is 8.01. The highest BCUT2D eigenvalue weighted by molar-refractivity contribution is 7.98. The van der Waals surface area contributed by atoms with Crippen LogP contribution in [0.2, 0.25) is 0 Å². The molecule has 4 heterocycles. The molecule has 4 rings (SSSR count). The van der Waals surface area contributed by atoms with Crippen LogP contribution in [0, 0.1) is 0 Å². The molecule has 0 bridgehead atoms. The molecule has 1 saturated heterocycles. The molecule has 10 heteroatoms. The summed E-state index contributed by atoms with van der Waals surface area (Å²) in [5, 5.41) is 30.1. The molecule has 136 valence electrons. The fourth-order valence-corrected chi connectivity index (χ4v) is 3.72.